The SMILES string of the molecule is Cc1ccc2ncnc(N3CCc4c(nc(C(C)C)n4C)C3)c2c1. The van der Waals surface area contributed by atoms with Crippen LogP contribution in [0.25, 0.3) is 10.9 Å². The summed E-state index contributed by atoms with van der Waals surface area (Å²) in [6.07, 6.45) is 2.67. The van der Waals surface area contributed by atoms with Gasteiger partial charge in [-0.15, -0.1) is 0 Å². The molecule has 0 atom stereocenters. The number of fused-ring (bicyclic) bond motifs is 2. The van der Waals surface area contributed by atoms with Gasteiger partial charge >= 0.3 is 0 Å². The molecule has 1 aliphatic heterocycles. The lowest BCUT2D eigenvalue weighted by Gasteiger charge is -2.28. The van der Waals surface area contributed by atoms with Crippen molar-refractivity contribution in [2.75, 3.05) is 11.4 Å². The summed E-state index contributed by atoms with van der Waals surface area (Å²) in [5, 5.41) is 1.13. The molecule has 0 saturated carbocycles. The number of rotatable bonds is 2. The molecule has 124 valence electrons. The summed E-state index contributed by atoms with van der Waals surface area (Å²) in [7, 11) is 2.14. The van der Waals surface area contributed by atoms with E-state index in [9.17, 15) is 0 Å². The number of aryl methyl sites for hydroxylation is 1. The van der Waals surface area contributed by atoms with Crippen molar-refractivity contribution in [1.29, 1.82) is 0 Å². The van der Waals surface area contributed by atoms with Gasteiger partial charge in [-0.3, -0.25) is 0 Å². The Kier molecular flexibility index (Phi) is 3.52. The summed E-state index contributed by atoms with van der Waals surface area (Å²) in [6.45, 7) is 8.29. The first-order valence-electron chi connectivity index (χ1n) is 8.55. The average Bonchev–Trinajstić information content (AvgIpc) is 2.91. The first-order valence-corrected chi connectivity index (χ1v) is 8.55. The Labute approximate surface area is 142 Å². The van der Waals surface area contributed by atoms with Gasteiger partial charge in [-0.2, -0.15) is 0 Å². The lowest BCUT2D eigenvalue weighted by Crippen LogP contribution is -2.32. The highest BCUT2D eigenvalue weighted by Gasteiger charge is 2.25. The highest BCUT2D eigenvalue weighted by atomic mass is 15.2. The molecule has 3 heterocycles. The molecule has 0 radical (unpaired) electrons. The van der Waals surface area contributed by atoms with Crippen LogP contribution in [-0.4, -0.2) is 26.1 Å². The Morgan fingerprint density at radius 3 is 2.79 bits per heavy atom. The molecule has 0 saturated heterocycles. The van der Waals surface area contributed by atoms with Crippen LogP contribution in [0.15, 0.2) is 24.5 Å². The lowest BCUT2D eigenvalue weighted by molar-refractivity contribution is 0.660. The van der Waals surface area contributed by atoms with Crippen molar-refractivity contribution in [3.63, 3.8) is 0 Å². The van der Waals surface area contributed by atoms with Gasteiger partial charge < -0.3 is 9.47 Å². The monoisotopic (exact) mass is 321 g/mol. The summed E-state index contributed by atoms with van der Waals surface area (Å²) in [5.41, 5.74) is 4.79. The summed E-state index contributed by atoms with van der Waals surface area (Å²) in [4.78, 5) is 16.2. The molecule has 0 spiro atoms. The van der Waals surface area contributed by atoms with Gasteiger partial charge in [0.1, 0.15) is 18.0 Å². The molecule has 1 aromatic carbocycles. The second-order valence-electron chi connectivity index (χ2n) is 6.97. The Bertz CT molecular complexity index is 910. The number of aromatic nitrogens is 4. The number of anilines is 1. The van der Waals surface area contributed by atoms with Crippen molar-refractivity contribution in [3.8, 4) is 0 Å². The molecule has 3 aromatic rings. The van der Waals surface area contributed by atoms with Gasteiger partial charge in [0.15, 0.2) is 0 Å². The Morgan fingerprint density at radius 2 is 2.00 bits per heavy atom. The Hall–Kier alpha value is -2.43. The second kappa shape index (κ2) is 5.58. The number of hydrogen-bond acceptors (Lipinski definition) is 4. The summed E-state index contributed by atoms with van der Waals surface area (Å²) < 4.78 is 2.28. The highest BCUT2D eigenvalue weighted by molar-refractivity contribution is 5.89. The van der Waals surface area contributed by atoms with Crippen LogP contribution in [-0.2, 0) is 20.0 Å². The van der Waals surface area contributed by atoms with Gasteiger partial charge in [-0.1, -0.05) is 25.5 Å². The number of nitrogens with zero attached hydrogens (tertiary/aromatic N) is 5. The van der Waals surface area contributed by atoms with Crippen molar-refractivity contribution >= 4 is 16.7 Å². The maximum Gasteiger partial charge on any atom is 0.140 e. The van der Waals surface area contributed by atoms with Gasteiger partial charge in [0, 0.05) is 37.0 Å². The van der Waals surface area contributed by atoms with Gasteiger partial charge in [-0.25, -0.2) is 15.0 Å². The zero-order valence-electron chi connectivity index (χ0n) is 14.7. The van der Waals surface area contributed by atoms with E-state index in [-0.39, 0.29) is 0 Å². The Morgan fingerprint density at radius 1 is 1.17 bits per heavy atom. The van der Waals surface area contributed by atoms with E-state index in [0.29, 0.717) is 5.92 Å². The number of imidazole rings is 1. The summed E-state index contributed by atoms with van der Waals surface area (Å²) in [6, 6.07) is 6.35. The largest absolute Gasteiger partial charge is 0.350 e. The van der Waals surface area contributed by atoms with Crippen LogP contribution in [0.4, 0.5) is 5.82 Å². The minimum atomic E-state index is 0.441. The first-order chi connectivity index (χ1) is 11.5. The van der Waals surface area contributed by atoms with Crippen LogP contribution in [0.5, 0.6) is 0 Å². The molecule has 1 aliphatic rings. The highest BCUT2D eigenvalue weighted by Crippen LogP contribution is 2.29. The van der Waals surface area contributed by atoms with E-state index in [4.69, 9.17) is 4.98 Å². The summed E-state index contributed by atoms with van der Waals surface area (Å²) >= 11 is 0. The standard InChI is InChI=1S/C19H23N5/c1-12(2)18-22-16-10-24(8-7-17(16)23(18)4)19-14-9-13(3)5-6-15(14)20-11-21-19/h5-6,9,11-12H,7-8,10H2,1-4H3. The molecule has 2 aromatic heterocycles. The van der Waals surface area contributed by atoms with Crippen molar-refractivity contribution in [2.45, 2.75) is 39.7 Å². The van der Waals surface area contributed by atoms with E-state index in [0.717, 1.165) is 36.2 Å². The predicted octanol–water partition coefficient (Wildman–Crippen LogP) is 3.36. The third kappa shape index (κ3) is 2.35. The third-order valence-corrected chi connectivity index (χ3v) is 4.88. The molecule has 5 heteroatoms. The summed E-state index contributed by atoms with van der Waals surface area (Å²) in [5.74, 6) is 2.63. The zero-order chi connectivity index (χ0) is 16.8. The van der Waals surface area contributed by atoms with E-state index in [1.165, 1.54) is 22.8 Å². The molecule has 0 bridgehead atoms. The maximum absolute atomic E-state index is 4.90. The molecule has 0 N–H and O–H groups in total. The van der Waals surface area contributed by atoms with Crippen molar-refractivity contribution in [2.24, 2.45) is 7.05 Å². The second-order valence-corrected chi connectivity index (χ2v) is 6.97. The molecule has 24 heavy (non-hydrogen) atoms. The minimum absolute atomic E-state index is 0.441. The maximum atomic E-state index is 4.90. The lowest BCUT2D eigenvalue weighted by atomic mass is 10.1. The van der Waals surface area contributed by atoms with E-state index < -0.39 is 0 Å². The van der Waals surface area contributed by atoms with Crippen LogP contribution in [0.2, 0.25) is 0 Å². The van der Waals surface area contributed by atoms with Crippen molar-refractivity contribution < 1.29 is 0 Å². The van der Waals surface area contributed by atoms with Crippen LogP contribution in [0, 0.1) is 6.92 Å². The normalized spacial score (nSPS) is 14.5. The van der Waals surface area contributed by atoms with Crippen molar-refractivity contribution in [3.05, 3.63) is 47.3 Å². The minimum Gasteiger partial charge on any atom is -0.350 e. The van der Waals surface area contributed by atoms with E-state index in [1.54, 1.807) is 6.33 Å². The molecular formula is C19H23N5. The number of benzene rings is 1. The van der Waals surface area contributed by atoms with E-state index >= 15 is 0 Å². The van der Waals surface area contributed by atoms with Crippen LogP contribution in [0.3, 0.4) is 0 Å². The fourth-order valence-electron chi connectivity index (χ4n) is 3.66. The topological polar surface area (TPSA) is 46.8 Å². The molecule has 0 fully saturated rings. The molecule has 0 unspecified atom stereocenters. The molecule has 4 rings (SSSR count). The predicted molar refractivity (Wildman–Crippen MR) is 96.3 cm³/mol. The van der Waals surface area contributed by atoms with Crippen LogP contribution >= 0.6 is 0 Å². The zero-order valence-corrected chi connectivity index (χ0v) is 14.7. The Balaban J connectivity index is 1.75. The van der Waals surface area contributed by atoms with E-state index in [2.05, 4.69) is 65.5 Å². The van der Waals surface area contributed by atoms with Gasteiger partial charge in [0.05, 0.1) is 17.8 Å². The molecule has 5 nitrogen and oxygen atoms in total. The van der Waals surface area contributed by atoms with E-state index in [1.807, 2.05) is 0 Å². The van der Waals surface area contributed by atoms with Crippen molar-refractivity contribution in [1.82, 2.24) is 19.5 Å². The first kappa shape index (κ1) is 15.1. The quantitative estimate of drug-likeness (QED) is 0.726. The van der Waals surface area contributed by atoms with Gasteiger partial charge in [-0.05, 0) is 19.1 Å². The average molecular weight is 321 g/mol. The molecule has 0 amide bonds. The fraction of sp³-hybridized carbons (Fsp3) is 0.421. The smallest absolute Gasteiger partial charge is 0.140 e. The number of hydrogen-bond donors (Lipinski definition) is 0. The molecule has 0 aliphatic carbocycles. The fourth-order valence-corrected chi connectivity index (χ4v) is 3.66. The van der Waals surface area contributed by atoms with Crippen LogP contribution < -0.4 is 4.90 Å². The third-order valence-electron chi connectivity index (χ3n) is 4.88. The van der Waals surface area contributed by atoms with Gasteiger partial charge in [0.25, 0.3) is 0 Å². The molecular weight excluding hydrogens is 298 g/mol. The van der Waals surface area contributed by atoms with Gasteiger partial charge in [0.2, 0.25) is 0 Å². The van der Waals surface area contributed by atoms with Crippen LogP contribution in [0.1, 0.15) is 42.5 Å².